The van der Waals surface area contributed by atoms with Crippen LogP contribution in [0.4, 0.5) is 0 Å². The highest BCUT2D eigenvalue weighted by molar-refractivity contribution is 7.99. The molecule has 0 aliphatic carbocycles. The second-order valence-corrected chi connectivity index (χ2v) is 5.60. The van der Waals surface area contributed by atoms with Gasteiger partial charge in [-0.15, -0.1) is 0 Å². The number of thioether (sulfide) groups is 1. The number of aliphatic hydroxyl groups excluding tert-OH is 1. The molecule has 0 radical (unpaired) electrons. The molecule has 5 nitrogen and oxygen atoms in total. The van der Waals surface area contributed by atoms with Crippen molar-refractivity contribution in [2.45, 2.75) is 13.0 Å². The van der Waals surface area contributed by atoms with Gasteiger partial charge in [-0.1, -0.05) is 0 Å². The van der Waals surface area contributed by atoms with Crippen LogP contribution in [0, 0.1) is 11.3 Å². The fourth-order valence-corrected chi connectivity index (χ4v) is 2.68. The van der Waals surface area contributed by atoms with Crippen LogP contribution in [0.3, 0.4) is 0 Å². The van der Waals surface area contributed by atoms with Gasteiger partial charge >= 0.3 is 0 Å². The Kier molecular flexibility index (Phi) is 5.87. The maximum absolute atomic E-state index is 8.92. The van der Waals surface area contributed by atoms with Crippen molar-refractivity contribution in [3.05, 3.63) is 35.8 Å². The quantitative estimate of drug-likeness (QED) is 0.719. The van der Waals surface area contributed by atoms with Crippen molar-refractivity contribution in [1.82, 2.24) is 14.7 Å². The number of aliphatic hydroxyl groups is 1. The van der Waals surface area contributed by atoms with Crippen LogP contribution in [-0.2, 0) is 6.54 Å². The number of imidazole rings is 1. The van der Waals surface area contributed by atoms with Crippen LogP contribution < -0.4 is 5.32 Å². The van der Waals surface area contributed by atoms with E-state index in [-0.39, 0.29) is 6.61 Å². The molecule has 0 atom stereocenters. The summed E-state index contributed by atoms with van der Waals surface area (Å²) in [7, 11) is 0. The molecule has 2 rings (SSSR count). The lowest BCUT2D eigenvalue weighted by Gasteiger charge is -2.05. The third-order valence-corrected chi connectivity index (χ3v) is 3.96. The van der Waals surface area contributed by atoms with Gasteiger partial charge in [0.25, 0.3) is 0 Å². The van der Waals surface area contributed by atoms with Gasteiger partial charge in [-0.2, -0.15) is 17.0 Å². The number of fused-ring (bicyclic) bond motifs is 1. The summed E-state index contributed by atoms with van der Waals surface area (Å²) in [6, 6.07) is 5.77. The largest absolute Gasteiger partial charge is 0.396 e. The summed E-state index contributed by atoms with van der Waals surface area (Å²) in [6.07, 6.45) is 4.51. The lowest BCUT2D eigenvalue weighted by Crippen LogP contribution is -2.17. The van der Waals surface area contributed by atoms with E-state index >= 15 is 0 Å². The Morgan fingerprint density at radius 3 is 3.10 bits per heavy atom. The van der Waals surface area contributed by atoms with Crippen molar-refractivity contribution in [2.24, 2.45) is 0 Å². The first-order valence-electron chi connectivity index (χ1n) is 6.60. The van der Waals surface area contributed by atoms with Crippen molar-refractivity contribution in [3.63, 3.8) is 0 Å². The summed E-state index contributed by atoms with van der Waals surface area (Å²) in [5.74, 6) is 2.03. The monoisotopic (exact) mass is 290 g/mol. The van der Waals surface area contributed by atoms with Crippen molar-refractivity contribution in [2.75, 3.05) is 24.7 Å². The molecule has 0 aromatic carbocycles. The van der Waals surface area contributed by atoms with E-state index in [9.17, 15) is 0 Å². The zero-order valence-electron chi connectivity index (χ0n) is 11.2. The summed E-state index contributed by atoms with van der Waals surface area (Å²) in [4.78, 5) is 4.31. The number of hydrogen-bond donors (Lipinski definition) is 2. The Morgan fingerprint density at radius 1 is 1.40 bits per heavy atom. The van der Waals surface area contributed by atoms with Gasteiger partial charge in [-0.25, -0.2) is 4.98 Å². The number of nitrogens with zero attached hydrogens (tertiary/aromatic N) is 3. The topological polar surface area (TPSA) is 73.3 Å². The molecule has 0 aliphatic heterocycles. The van der Waals surface area contributed by atoms with Gasteiger partial charge < -0.3 is 14.8 Å². The van der Waals surface area contributed by atoms with E-state index in [1.165, 1.54) is 0 Å². The summed E-state index contributed by atoms with van der Waals surface area (Å²) in [5.41, 5.74) is 2.55. The van der Waals surface area contributed by atoms with E-state index in [1.807, 2.05) is 34.6 Å². The smallest absolute Gasteiger partial charge is 0.137 e. The maximum Gasteiger partial charge on any atom is 0.137 e. The minimum absolute atomic E-state index is 0.267. The average Bonchev–Trinajstić information content (AvgIpc) is 2.88. The molecule has 0 spiro atoms. The minimum atomic E-state index is 0.267. The molecule has 2 heterocycles. The van der Waals surface area contributed by atoms with Gasteiger partial charge in [0.05, 0.1) is 17.5 Å². The molecule has 20 heavy (non-hydrogen) atoms. The Labute approximate surface area is 122 Å². The van der Waals surface area contributed by atoms with Crippen LogP contribution in [-0.4, -0.2) is 39.1 Å². The second-order valence-electron chi connectivity index (χ2n) is 4.37. The van der Waals surface area contributed by atoms with Gasteiger partial charge in [0.2, 0.25) is 0 Å². The molecule has 2 aromatic rings. The summed E-state index contributed by atoms with van der Waals surface area (Å²) in [5, 5.41) is 21.0. The first-order chi connectivity index (χ1) is 9.85. The lowest BCUT2D eigenvalue weighted by atomic mass is 10.3. The van der Waals surface area contributed by atoms with Gasteiger partial charge in [0.1, 0.15) is 11.7 Å². The molecular weight excluding hydrogens is 272 g/mol. The molecule has 0 amide bonds. The molecule has 0 fully saturated rings. The maximum atomic E-state index is 8.92. The lowest BCUT2D eigenvalue weighted by molar-refractivity contribution is 0.296. The van der Waals surface area contributed by atoms with Crippen LogP contribution >= 0.6 is 11.8 Å². The third kappa shape index (κ3) is 3.97. The van der Waals surface area contributed by atoms with Crippen LogP contribution in [0.15, 0.2) is 24.5 Å². The molecule has 0 saturated carbocycles. The molecule has 6 heteroatoms. The van der Waals surface area contributed by atoms with Crippen LogP contribution in [0.2, 0.25) is 0 Å². The fourth-order valence-electron chi connectivity index (χ4n) is 1.86. The SMILES string of the molecule is N#Cc1ccc2ncc(CNCCSCCCO)n2c1. The highest BCUT2D eigenvalue weighted by atomic mass is 32.2. The van der Waals surface area contributed by atoms with Gasteiger partial charge in [0, 0.05) is 31.6 Å². The highest BCUT2D eigenvalue weighted by Gasteiger charge is 2.03. The Morgan fingerprint density at radius 2 is 2.30 bits per heavy atom. The Balaban J connectivity index is 1.83. The molecule has 106 valence electrons. The van der Waals surface area contributed by atoms with E-state index in [0.717, 1.165) is 42.4 Å². The standard InChI is InChI=1S/C14H18N4OS/c15-8-12-2-3-14-17-10-13(18(14)11-12)9-16-4-7-20-6-1-5-19/h2-3,10-11,16,19H,1,4-7,9H2. The fraction of sp³-hybridized carbons (Fsp3) is 0.429. The summed E-state index contributed by atoms with van der Waals surface area (Å²) in [6.45, 7) is 1.92. The predicted octanol–water partition coefficient (Wildman–Crippen LogP) is 1.41. The van der Waals surface area contributed by atoms with E-state index < -0.39 is 0 Å². The molecule has 0 saturated heterocycles. The number of nitrogens with one attached hydrogen (secondary N) is 1. The number of pyridine rings is 1. The number of hydrogen-bond acceptors (Lipinski definition) is 5. The first-order valence-corrected chi connectivity index (χ1v) is 7.76. The zero-order valence-corrected chi connectivity index (χ0v) is 12.1. The van der Waals surface area contributed by atoms with E-state index in [4.69, 9.17) is 10.4 Å². The van der Waals surface area contributed by atoms with Gasteiger partial charge in [-0.05, 0) is 24.3 Å². The molecule has 0 bridgehead atoms. The van der Waals surface area contributed by atoms with Crippen LogP contribution in [0.5, 0.6) is 0 Å². The van der Waals surface area contributed by atoms with Crippen LogP contribution in [0.1, 0.15) is 17.7 Å². The minimum Gasteiger partial charge on any atom is -0.396 e. The van der Waals surface area contributed by atoms with Crippen LogP contribution in [0.25, 0.3) is 5.65 Å². The normalized spacial score (nSPS) is 10.8. The predicted molar refractivity (Wildman–Crippen MR) is 80.6 cm³/mol. The highest BCUT2D eigenvalue weighted by Crippen LogP contribution is 2.08. The molecule has 2 aromatic heterocycles. The zero-order chi connectivity index (χ0) is 14.2. The molecular formula is C14H18N4OS. The molecule has 2 N–H and O–H groups in total. The van der Waals surface area contributed by atoms with E-state index in [1.54, 1.807) is 6.07 Å². The van der Waals surface area contributed by atoms with E-state index in [2.05, 4.69) is 16.4 Å². The number of nitriles is 1. The van der Waals surface area contributed by atoms with Gasteiger partial charge in [-0.3, -0.25) is 0 Å². The van der Waals surface area contributed by atoms with Gasteiger partial charge in [0.15, 0.2) is 0 Å². The molecule has 0 aliphatic rings. The third-order valence-electron chi connectivity index (χ3n) is 2.89. The number of aromatic nitrogens is 2. The van der Waals surface area contributed by atoms with Crippen molar-refractivity contribution < 1.29 is 5.11 Å². The number of rotatable bonds is 8. The van der Waals surface area contributed by atoms with E-state index in [0.29, 0.717) is 5.56 Å². The summed E-state index contributed by atoms with van der Waals surface area (Å²) >= 11 is 1.84. The Hall–Kier alpha value is -1.55. The molecule has 0 unspecified atom stereocenters. The second kappa shape index (κ2) is 7.90. The average molecular weight is 290 g/mol. The van der Waals surface area contributed by atoms with Crippen molar-refractivity contribution in [3.8, 4) is 6.07 Å². The van der Waals surface area contributed by atoms with Crippen molar-refractivity contribution in [1.29, 1.82) is 5.26 Å². The van der Waals surface area contributed by atoms with Crippen molar-refractivity contribution >= 4 is 17.4 Å². The first kappa shape index (κ1) is 14.9. The summed E-state index contributed by atoms with van der Waals surface area (Å²) < 4.78 is 1.95. The Bertz CT molecular complexity index is 590.